The van der Waals surface area contributed by atoms with E-state index in [0.29, 0.717) is 68.1 Å². The van der Waals surface area contributed by atoms with Crippen LogP contribution in [0.2, 0.25) is 0 Å². The van der Waals surface area contributed by atoms with Crippen molar-refractivity contribution < 1.29 is 18.7 Å². The minimum atomic E-state index is -0.521. The van der Waals surface area contributed by atoms with E-state index in [2.05, 4.69) is 30.9 Å². The number of carbonyl (C=O) groups excluding carboxylic acids is 2. The van der Waals surface area contributed by atoms with Crippen LogP contribution in [0.5, 0.6) is 5.75 Å². The number of ether oxygens (including phenoxy) is 1. The lowest BCUT2D eigenvalue weighted by atomic mass is 9.88. The van der Waals surface area contributed by atoms with E-state index in [1.54, 1.807) is 17.0 Å². The molecule has 5 rings (SSSR count). The molecule has 0 bridgehead atoms. The number of piperidine rings is 1. The quantitative estimate of drug-likeness (QED) is 0.223. The zero-order valence-corrected chi connectivity index (χ0v) is 25.6. The SMILES string of the molecule is Nc1nc(N)c(C(=O)NC2=NCC3(CCN(C(=O)NCCc4ccc(OCCc5ccc(F)cc5)cc4)CC3)N2)nc1I. The highest BCUT2D eigenvalue weighted by atomic mass is 127. The first-order chi connectivity index (χ1) is 20.7. The van der Waals surface area contributed by atoms with Gasteiger partial charge in [0.1, 0.15) is 15.3 Å². The zero-order valence-electron chi connectivity index (χ0n) is 23.4. The van der Waals surface area contributed by atoms with Crippen molar-refractivity contribution in [2.24, 2.45) is 4.99 Å². The summed E-state index contributed by atoms with van der Waals surface area (Å²) in [6, 6.07) is 14.1. The van der Waals surface area contributed by atoms with Gasteiger partial charge in [-0.15, -0.1) is 0 Å². The van der Waals surface area contributed by atoms with E-state index < -0.39 is 5.91 Å². The number of anilines is 2. The molecule has 3 aromatic rings. The van der Waals surface area contributed by atoms with E-state index >= 15 is 0 Å². The Morgan fingerprint density at radius 2 is 1.67 bits per heavy atom. The summed E-state index contributed by atoms with van der Waals surface area (Å²) in [5.74, 6) is 0.458. The summed E-state index contributed by atoms with van der Waals surface area (Å²) in [7, 11) is 0. The van der Waals surface area contributed by atoms with Gasteiger partial charge in [0.05, 0.1) is 18.7 Å². The zero-order chi connectivity index (χ0) is 30.4. The number of likely N-dealkylation sites (tertiary alicyclic amines) is 1. The minimum absolute atomic E-state index is 0.0154. The van der Waals surface area contributed by atoms with Crippen LogP contribution in [0.3, 0.4) is 0 Å². The van der Waals surface area contributed by atoms with Crippen LogP contribution in [0.15, 0.2) is 53.5 Å². The average Bonchev–Trinajstić information content (AvgIpc) is 3.38. The highest BCUT2D eigenvalue weighted by molar-refractivity contribution is 14.1. The van der Waals surface area contributed by atoms with E-state index in [4.69, 9.17) is 16.2 Å². The predicted molar refractivity (Wildman–Crippen MR) is 169 cm³/mol. The Kier molecular flexibility index (Phi) is 9.43. The number of nitrogen functional groups attached to an aromatic ring is 2. The first-order valence-electron chi connectivity index (χ1n) is 13.9. The molecule has 43 heavy (non-hydrogen) atoms. The van der Waals surface area contributed by atoms with Crippen LogP contribution in [-0.2, 0) is 12.8 Å². The molecule has 2 aliphatic heterocycles. The lowest BCUT2D eigenvalue weighted by molar-refractivity contribution is 0.0971. The van der Waals surface area contributed by atoms with Gasteiger partial charge in [-0.1, -0.05) is 24.3 Å². The standard InChI is InChI=1S/C29H33FIN9O3/c30-20-5-1-19(2-6-20)10-16-43-21-7-3-18(4-8-21)9-13-34-28(42)40-14-11-29(12-15-40)17-35-27(39-29)38-26(41)22-24(32)37-25(33)23(31)36-22/h1-8H,9-17H2,(H,34,42)(H4,32,33,37)(H2,35,38,39,41). The molecule has 2 aromatic carbocycles. The van der Waals surface area contributed by atoms with Gasteiger partial charge in [-0.25, -0.2) is 19.2 Å². The molecule has 0 radical (unpaired) electrons. The molecule has 0 unspecified atom stereocenters. The molecule has 14 heteroatoms. The van der Waals surface area contributed by atoms with E-state index in [1.165, 1.54) is 12.1 Å². The number of benzene rings is 2. The van der Waals surface area contributed by atoms with Gasteiger partial charge in [-0.3, -0.25) is 15.1 Å². The molecule has 12 nitrogen and oxygen atoms in total. The average molecular weight is 702 g/mol. The van der Waals surface area contributed by atoms with Crippen molar-refractivity contribution in [2.45, 2.75) is 31.2 Å². The summed E-state index contributed by atoms with van der Waals surface area (Å²) in [6.07, 6.45) is 2.77. The van der Waals surface area contributed by atoms with Crippen molar-refractivity contribution in [1.82, 2.24) is 30.8 Å². The normalized spacial score (nSPS) is 15.5. The molecule has 3 amide bonds. The molecule has 226 valence electrons. The third-order valence-corrected chi connectivity index (χ3v) is 8.26. The van der Waals surface area contributed by atoms with Crippen molar-refractivity contribution in [3.05, 3.63) is 74.9 Å². The van der Waals surface area contributed by atoms with Crippen molar-refractivity contribution in [3.8, 4) is 5.75 Å². The van der Waals surface area contributed by atoms with Gasteiger partial charge in [0.2, 0.25) is 0 Å². The number of aromatic nitrogens is 2. The molecule has 1 saturated heterocycles. The summed E-state index contributed by atoms with van der Waals surface area (Å²) < 4.78 is 19.2. The van der Waals surface area contributed by atoms with Crippen molar-refractivity contribution >= 4 is 52.1 Å². The van der Waals surface area contributed by atoms with Gasteiger partial charge in [0, 0.05) is 26.1 Å². The maximum absolute atomic E-state index is 13.0. The molecule has 0 atom stereocenters. The summed E-state index contributed by atoms with van der Waals surface area (Å²) in [4.78, 5) is 39.8. The molecule has 0 aliphatic carbocycles. The van der Waals surface area contributed by atoms with Crippen LogP contribution in [0.4, 0.5) is 20.8 Å². The largest absolute Gasteiger partial charge is 0.493 e. The van der Waals surface area contributed by atoms with Gasteiger partial charge in [-0.05, 0) is 77.2 Å². The number of aliphatic imine (C=N–C) groups is 1. The van der Waals surface area contributed by atoms with Gasteiger partial charge in [0.25, 0.3) is 5.91 Å². The smallest absolute Gasteiger partial charge is 0.317 e. The Morgan fingerprint density at radius 3 is 2.40 bits per heavy atom. The molecule has 3 heterocycles. The number of nitrogens with zero attached hydrogens (tertiary/aromatic N) is 4. The monoisotopic (exact) mass is 701 g/mol. The van der Waals surface area contributed by atoms with Crippen LogP contribution < -0.4 is 32.2 Å². The molecular weight excluding hydrogens is 668 g/mol. The van der Waals surface area contributed by atoms with Crippen LogP contribution in [0.25, 0.3) is 0 Å². The number of hydrogen-bond donors (Lipinski definition) is 5. The van der Waals surface area contributed by atoms with Crippen molar-refractivity contribution in [2.75, 3.05) is 44.3 Å². The number of carbonyl (C=O) groups is 2. The second-order valence-corrected chi connectivity index (χ2v) is 11.5. The van der Waals surface area contributed by atoms with Crippen LogP contribution >= 0.6 is 22.6 Å². The van der Waals surface area contributed by atoms with E-state index in [-0.39, 0.29) is 34.7 Å². The fourth-order valence-electron chi connectivity index (χ4n) is 4.94. The lowest BCUT2D eigenvalue weighted by Gasteiger charge is -2.39. The number of nitrogens with one attached hydrogen (secondary N) is 3. The third kappa shape index (κ3) is 7.80. The minimum Gasteiger partial charge on any atom is -0.493 e. The summed E-state index contributed by atoms with van der Waals surface area (Å²) in [5.41, 5.74) is 13.3. The topological polar surface area (TPSA) is 173 Å². The predicted octanol–water partition coefficient (Wildman–Crippen LogP) is 2.48. The molecule has 1 spiro atoms. The highest BCUT2D eigenvalue weighted by Crippen LogP contribution is 2.26. The van der Waals surface area contributed by atoms with Gasteiger partial charge in [0.15, 0.2) is 23.3 Å². The Bertz CT molecular complexity index is 1490. The Morgan fingerprint density at radius 1 is 1.00 bits per heavy atom. The number of amides is 3. The number of urea groups is 1. The molecule has 7 N–H and O–H groups in total. The van der Waals surface area contributed by atoms with E-state index in [0.717, 1.165) is 16.9 Å². The van der Waals surface area contributed by atoms with Crippen LogP contribution in [0.1, 0.15) is 34.5 Å². The Labute approximate surface area is 262 Å². The maximum atomic E-state index is 13.0. The molecule has 2 aliphatic rings. The number of rotatable bonds is 8. The van der Waals surface area contributed by atoms with Gasteiger partial charge in [-0.2, -0.15) is 0 Å². The van der Waals surface area contributed by atoms with Crippen LogP contribution in [0, 0.1) is 9.52 Å². The first-order valence-corrected chi connectivity index (χ1v) is 15.0. The second-order valence-electron chi connectivity index (χ2n) is 10.5. The molecule has 0 saturated carbocycles. The third-order valence-electron chi connectivity index (χ3n) is 7.47. The summed E-state index contributed by atoms with van der Waals surface area (Å²) in [6.45, 7) is 2.63. The molecule has 1 aromatic heterocycles. The van der Waals surface area contributed by atoms with Crippen molar-refractivity contribution in [1.29, 1.82) is 0 Å². The Hall–Kier alpha value is -4.21. The number of nitrogens with two attached hydrogens (primary N) is 2. The highest BCUT2D eigenvalue weighted by Gasteiger charge is 2.40. The summed E-state index contributed by atoms with van der Waals surface area (Å²) in [5, 5.41) is 9.05. The Balaban J connectivity index is 0.998. The lowest BCUT2D eigenvalue weighted by Crippen LogP contribution is -2.58. The van der Waals surface area contributed by atoms with Crippen LogP contribution in [-0.4, -0.2) is 71.1 Å². The second kappa shape index (κ2) is 13.4. The van der Waals surface area contributed by atoms with E-state index in [1.807, 2.05) is 46.9 Å². The first kappa shape index (κ1) is 30.3. The molecule has 1 fully saturated rings. The van der Waals surface area contributed by atoms with E-state index in [9.17, 15) is 14.0 Å². The molecular formula is C29H33FIN9O3. The maximum Gasteiger partial charge on any atom is 0.317 e. The fourth-order valence-corrected chi connectivity index (χ4v) is 5.31. The fraction of sp³-hybridized carbons (Fsp3) is 0.345. The van der Waals surface area contributed by atoms with Crippen molar-refractivity contribution in [3.63, 3.8) is 0 Å². The summed E-state index contributed by atoms with van der Waals surface area (Å²) >= 11 is 1.89. The number of hydrogen-bond acceptors (Lipinski definition) is 9. The van der Waals surface area contributed by atoms with Gasteiger partial charge < -0.3 is 31.7 Å². The number of halogens is 2. The number of guanidine groups is 1. The van der Waals surface area contributed by atoms with Gasteiger partial charge >= 0.3 is 6.03 Å².